The van der Waals surface area contributed by atoms with Crippen LogP contribution in [-0.4, -0.2) is 42.0 Å². The highest BCUT2D eigenvalue weighted by atomic mass is 15.3. The van der Waals surface area contributed by atoms with Gasteiger partial charge in [-0.25, -0.2) is 0 Å². The second-order valence-electron chi connectivity index (χ2n) is 4.64. The van der Waals surface area contributed by atoms with Crippen molar-refractivity contribution in [2.75, 3.05) is 26.2 Å². The molecule has 0 spiro atoms. The molecular weight excluding hydrogens is 208 g/mol. The first-order chi connectivity index (χ1) is 8.29. The summed E-state index contributed by atoms with van der Waals surface area (Å²) in [4.78, 5) is 4.87. The van der Waals surface area contributed by atoms with Gasteiger partial charge in [0.05, 0.1) is 6.04 Å². The van der Waals surface area contributed by atoms with Crippen molar-refractivity contribution in [3.63, 3.8) is 0 Å². The van der Waals surface area contributed by atoms with Crippen molar-refractivity contribution in [3.8, 4) is 12.3 Å². The lowest BCUT2D eigenvalue weighted by Crippen LogP contribution is -2.48. The van der Waals surface area contributed by atoms with E-state index in [2.05, 4.69) is 53.0 Å². The normalized spacial score (nSPS) is 19.8. The molecule has 1 unspecified atom stereocenters. The Kier molecular flexibility index (Phi) is 4.19. The first-order valence-corrected chi connectivity index (χ1v) is 6.26. The molecule has 17 heavy (non-hydrogen) atoms. The quantitative estimate of drug-likeness (QED) is 0.728. The van der Waals surface area contributed by atoms with Gasteiger partial charge in [-0.15, -0.1) is 6.42 Å². The number of hydrogen-bond acceptors (Lipinski definition) is 2. The molecular formula is C15H20N2. The molecule has 2 rings (SSSR count). The highest BCUT2D eigenvalue weighted by molar-refractivity contribution is 5.14. The van der Waals surface area contributed by atoms with Crippen molar-refractivity contribution in [3.05, 3.63) is 35.9 Å². The summed E-state index contributed by atoms with van der Waals surface area (Å²) in [5.74, 6) is 2.81. The summed E-state index contributed by atoms with van der Waals surface area (Å²) >= 11 is 0. The molecule has 0 saturated carbocycles. The number of terminal acetylenes is 1. The molecule has 0 bridgehead atoms. The third kappa shape index (κ3) is 3.33. The highest BCUT2D eigenvalue weighted by Gasteiger charge is 2.19. The first-order valence-electron chi connectivity index (χ1n) is 6.26. The van der Waals surface area contributed by atoms with Crippen molar-refractivity contribution in [2.45, 2.75) is 19.5 Å². The number of rotatable bonds is 3. The van der Waals surface area contributed by atoms with E-state index in [1.54, 1.807) is 0 Å². The van der Waals surface area contributed by atoms with Crippen LogP contribution in [0.3, 0.4) is 0 Å². The number of piperazine rings is 1. The lowest BCUT2D eigenvalue weighted by atomic mass is 10.2. The van der Waals surface area contributed by atoms with Gasteiger partial charge < -0.3 is 0 Å². The molecule has 0 amide bonds. The Balaban J connectivity index is 1.82. The minimum atomic E-state index is 0.272. The van der Waals surface area contributed by atoms with Crippen LogP contribution in [0.1, 0.15) is 12.5 Å². The second-order valence-corrected chi connectivity index (χ2v) is 4.64. The summed E-state index contributed by atoms with van der Waals surface area (Å²) in [5.41, 5.74) is 1.39. The van der Waals surface area contributed by atoms with Crippen LogP contribution in [0.4, 0.5) is 0 Å². The van der Waals surface area contributed by atoms with Crippen molar-refractivity contribution < 1.29 is 0 Å². The zero-order valence-electron chi connectivity index (χ0n) is 10.5. The molecule has 0 aromatic heterocycles. The van der Waals surface area contributed by atoms with Crippen LogP contribution in [0.2, 0.25) is 0 Å². The fraction of sp³-hybridized carbons (Fsp3) is 0.467. The summed E-state index contributed by atoms with van der Waals surface area (Å²) in [6.07, 6.45) is 5.46. The van der Waals surface area contributed by atoms with Crippen LogP contribution in [-0.2, 0) is 6.54 Å². The minimum absolute atomic E-state index is 0.272. The number of hydrogen-bond donors (Lipinski definition) is 0. The van der Waals surface area contributed by atoms with Gasteiger partial charge in [-0.1, -0.05) is 36.3 Å². The number of nitrogens with zero attached hydrogens (tertiary/aromatic N) is 2. The average molecular weight is 228 g/mol. The average Bonchev–Trinajstić information content (AvgIpc) is 2.40. The molecule has 1 atom stereocenters. The fourth-order valence-electron chi connectivity index (χ4n) is 2.26. The van der Waals surface area contributed by atoms with E-state index in [9.17, 15) is 0 Å². The molecule has 1 aliphatic heterocycles. The van der Waals surface area contributed by atoms with E-state index in [1.165, 1.54) is 5.56 Å². The van der Waals surface area contributed by atoms with Gasteiger partial charge in [-0.05, 0) is 12.5 Å². The van der Waals surface area contributed by atoms with Crippen molar-refractivity contribution >= 4 is 0 Å². The molecule has 1 heterocycles. The van der Waals surface area contributed by atoms with E-state index in [0.717, 1.165) is 32.7 Å². The lowest BCUT2D eigenvalue weighted by molar-refractivity contribution is 0.115. The van der Waals surface area contributed by atoms with Crippen molar-refractivity contribution in [1.82, 2.24) is 9.80 Å². The van der Waals surface area contributed by atoms with Gasteiger partial charge in [0.2, 0.25) is 0 Å². The molecule has 2 heteroatoms. The van der Waals surface area contributed by atoms with Crippen LogP contribution >= 0.6 is 0 Å². The summed E-state index contributed by atoms with van der Waals surface area (Å²) in [5, 5.41) is 0. The zero-order chi connectivity index (χ0) is 12.1. The van der Waals surface area contributed by atoms with E-state index in [4.69, 9.17) is 6.42 Å². The number of benzene rings is 1. The fourth-order valence-corrected chi connectivity index (χ4v) is 2.26. The van der Waals surface area contributed by atoms with E-state index in [0.29, 0.717) is 0 Å². The Morgan fingerprint density at radius 2 is 1.82 bits per heavy atom. The van der Waals surface area contributed by atoms with Crippen LogP contribution in [0.15, 0.2) is 30.3 Å². The van der Waals surface area contributed by atoms with E-state index >= 15 is 0 Å². The summed E-state index contributed by atoms with van der Waals surface area (Å²) < 4.78 is 0. The van der Waals surface area contributed by atoms with Gasteiger partial charge in [-0.3, -0.25) is 9.80 Å². The van der Waals surface area contributed by atoms with Crippen molar-refractivity contribution in [2.24, 2.45) is 0 Å². The summed E-state index contributed by atoms with van der Waals surface area (Å²) in [6, 6.07) is 10.9. The maximum atomic E-state index is 5.46. The predicted molar refractivity (Wildman–Crippen MR) is 71.6 cm³/mol. The molecule has 2 nitrogen and oxygen atoms in total. The van der Waals surface area contributed by atoms with Gasteiger partial charge in [-0.2, -0.15) is 0 Å². The monoisotopic (exact) mass is 228 g/mol. The SMILES string of the molecule is C#CC(C)N1CCN(Cc2ccccc2)CC1. The van der Waals surface area contributed by atoms with Crippen molar-refractivity contribution in [1.29, 1.82) is 0 Å². The third-order valence-corrected chi connectivity index (χ3v) is 3.44. The molecule has 1 aromatic rings. The smallest absolute Gasteiger partial charge is 0.0684 e. The molecule has 90 valence electrons. The Labute approximate surface area is 104 Å². The molecule has 0 aliphatic carbocycles. The molecule has 1 saturated heterocycles. The maximum Gasteiger partial charge on any atom is 0.0684 e. The molecule has 1 aromatic carbocycles. The molecule has 1 fully saturated rings. The predicted octanol–water partition coefficient (Wildman–Crippen LogP) is 1.83. The van der Waals surface area contributed by atoms with E-state index in [-0.39, 0.29) is 6.04 Å². The Morgan fingerprint density at radius 1 is 1.18 bits per heavy atom. The molecule has 1 aliphatic rings. The van der Waals surface area contributed by atoms with Gasteiger partial charge >= 0.3 is 0 Å². The Hall–Kier alpha value is -1.30. The summed E-state index contributed by atoms with van der Waals surface area (Å²) in [7, 11) is 0. The van der Waals surface area contributed by atoms with E-state index in [1.807, 2.05) is 0 Å². The Morgan fingerprint density at radius 3 is 2.41 bits per heavy atom. The second kappa shape index (κ2) is 5.86. The van der Waals surface area contributed by atoms with Gasteiger partial charge in [0.25, 0.3) is 0 Å². The third-order valence-electron chi connectivity index (χ3n) is 3.44. The minimum Gasteiger partial charge on any atom is -0.297 e. The molecule has 0 N–H and O–H groups in total. The van der Waals surface area contributed by atoms with Crippen LogP contribution in [0.25, 0.3) is 0 Å². The summed E-state index contributed by atoms with van der Waals surface area (Å²) in [6.45, 7) is 7.55. The first kappa shape index (κ1) is 12.2. The van der Waals surface area contributed by atoms with Crippen LogP contribution < -0.4 is 0 Å². The lowest BCUT2D eigenvalue weighted by Gasteiger charge is -2.36. The largest absolute Gasteiger partial charge is 0.297 e. The van der Waals surface area contributed by atoms with Gasteiger partial charge in [0.1, 0.15) is 0 Å². The van der Waals surface area contributed by atoms with Crippen LogP contribution in [0, 0.1) is 12.3 Å². The topological polar surface area (TPSA) is 6.48 Å². The maximum absolute atomic E-state index is 5.46. The zero-order valence-corrected chi connectivity index (χ0v) is 10.5. The molecule has 0 radical (unpaired) electrons. The Bertz CT molecular complexity index is 372. The highest BCUT2D eigenvalue weighted by Crippen LogP contribution is 2.09. The van der Waals surface area contributed by atoms with Gasteiger partial charge in [0.15, 0.2) is 0 Å². The van der Waals surface area contributed by atoms with Gasteiger partial charge in [0, 0.05) is 32.7 Å². The standard InChI is InChI=1S/C15H20N2/c1-3-14(2)17-11-9-16(10-12-17)13-15-7-5-4-6-8-15/h1,4-8,14H,9-13H2,2H3. The van der Waals surface area contributed by atoms with E-state index < -0.39 is 0 Å². The van der Waals surface area contributed by atoms with Crippen LogP contribution in [0.5, 0.6) is 0 Å².